The summed E-state index contributed by atoms with van der Waals surface area (Å²) in [5.41, 5.74) is 1.48. The van der Waals surface area contributed by atoms with Crippen LogP contribution in [-0.2, 0) is 4.79 Å². The number of fused-ring (bicyclic) bond motifs is 1. The Bertz CT molecular complexity index is 485. The van der Waals surface area contributed by atoms with E-state index in [1.54, 1.807) is 6.92 Å². The van der Waals surface area contributed by atoms with Gasteiger partial charge in [-0.3, -0.25) is 4.79 Å². The van der Waals surface area contributed by atoms with E-state index in [9.17, 15) is 9.90 Å². The Morgan fingerprint density at radius 1 is 1.24 bits per heavy atom. The van der Waals surface area contributed by atoms with Gasteiger partial charge in [0.1, 0.15) is 5.60 Å². The number of carbonyl (C=O) groups is 1. The highest BCUT2D eigenvalue weighted by Gasteiger charge is 2.65. The maximum absolute atomic E-state index is 12.4. The molecule has 1 spiro atoms. The molecule has 1 atom stereocenters. The highest BCUT2D eigenvalue weighted by Crippen LogP contribution is 2.65. The first-order valence-electron chi connectivity index (χ1n) is 6.29. The Morgan fingerprint density at radius 2 is 1.82 bits per heavy atom. The van der Waals surface area contributed by atoms with Gasteiger partial charge in [0, 0.05) is 17.4 Å². The average Bonchev–Trinajstić information content (AvgIpc) is 2.95. The summed E-state index contributed by atoms with van der Waals surface area (Å²) in [5.74, 6) is -0.0857. The van der Waals surface area contributed by atoms with Gasteiger partial charge < -0.3 is 5.11 Å². The van der Waals surface area contributed by atoms with E-state index < -0.39 is 5.60 Å². The van der Waals surface area contributed by atoms with Gasteiger partial charge in [0.05, 0.1) is 0 Å². The fraction of sp³-hybridized carbons (Fsp3) is 0.600. The molecule has 3 rings (SSSR count). The lowest BCUT2D eigenvalue weighted by Gasteiger charge is -2.38. The summed E-state index contributed by atoms with van der Waals surface area (Å²) in [6.07, 6.45) is 6.04. The lowest BCUT2D eigenvalue weighted by molar-refractivity contribution is -0.137. The molecule has 2 heteroatoms. The molecule has 0 aromatic heterocycles. The van der Waals surface area contributed by atoms with Crippen molar-refractivity contribution in [2.45, 2.75) is 46.1 Å². The lowest BCUT2D eigenvalue weighted by atomic mass is 9.68. The van der Waals surface area contributed by atoms with Crippen LogP contribution < -0.4 is 0 Å². The predicted octanol–water partition coefficient (Wildman–Crippen LogP) is 2.59. The molecule has 3 aliphatic rings. The second kappa shape index (κ2) is 2.74. The largest absolute Gasteiger partial charge is 0.381 e. The molecule has 0 aromatic rings. The third kappa shape index (κ3) is 1.17. The average molecular weight is 231 g/mol. The molecule has 0 amide bonds. The Kier molecular flexibility index (Phi) is 1.81. The topological polar surface area (TPSA) is 37.3 Å². The summed E-state index contributed by atoms with van der Waals surface area (Å²) in [6.45, 7) is 7.96. The third-order valence-corrected chi connectivity index (χ3v) is 4.81. The summed E-state index contributed by atoms with van der Waals surface area (Å²) in [5, 5.41) is 10.6. The molecule has 0 unspecified atom stereocenters. The fourth-order valence-electron chi connectivity index (χ4n) is 3.53. The zero-order chi connectivity index (χ0) is 12.6. The Morgan fingerprint density at radius 3 is 2.35 bits per heavy atom. The van der Waals surface area contributed by atoms with Crippen LogP contribution in [0.4, 0.5) is 0 Å². The van der Waals surface area contributed by atoms with Crippen molar-refractivity contribution in [3.63, 3.8) is 0 Å². The first kappa shape index (κ1) is 11.2. The normalized spacial score (nSPS) is 37.2. The Hall–Kier alpha value is -0.890. The minimum Gasteiger partial charge on any atom is -0.381 e. The first-order chi connectivity index (χ1) is 7.71. The maximum Gasteiger partial charge on any atom is 0.194 e. The predicted molar refractivity (Wildman–Crippen MR) is 66.2 cm³/mol. The van der Waals surface area contributed by atoms with Crippen molar-refractivity contribution in [2.24, 2.45) is 10.8 Å². The quantitative estimate of drug-likeness (QED) is 0.695. The number of hydrogen-bond acceptors (Lipinski definition) is 2. The van der Waals surface area contributed by atoms with Crippen molar-refractivity contribution >= 4 is 5.78 Å². The van der Waals surface area contributed by atoms with E-state index in [1.165, 1.54) is 5.57 Å². The molecule has 17 heavy (non-hydrogen) atoms. The number of allylic oxidation sites excluding steroid dienone is 2. The van der Waals surface area contributed by atoms with Gasteiger partial charge in [-0.15, -0.1) is 0 Å². The molecule has 3 aliphatic carbocycles. The van der Waals surface area contributed by atoms with Gasteiger partial charge in [-0.05, 0) is 37.7 Å². The zero-order valence-corrected chi connectivity index (χ0v) is 10.9. The molecule has 2 nitrogen and oxygen atoms in total. The Balaban J connectivity index is 2.24. The number of rotatable bonds is 0. The van der Waals surface area contributed by atoms with E-state index in [-0.39, 0.29) is 16.6 Å². The minimum atomic E-state index is -1.21. The van der Waals surface area contributed by atoms with Crippen LogP contribution in [0.1, 0.15) is 40.5 Å². The molecular weight excluding hydrogens is 212 g/mol. The SMILES string of the molecule is CC1=C2[CH]C(C)(C)C=C2C(=O)[C@](C)(O)C12CC2. The standard InChI is InChI=1S/C15H19O2/c1-9-10-7-13(2,3)8-11(10)12(16)14(4,17)15(9)5-6-15/h7-8,17H,5-6H2,1-4H3/t14-/m0/s1. The van der Waals surface area contributed by atoms with Crippen LogP contribution in [0.3, 0.4) is 0 Å². The van der Waals surface area contributed by atoms with E-state index in [4.69, 9.17) is 0 Å². The smallest absolute Gasteiger partial charge is 0.194 e. The molecule has 0 bridgehead atoms. The van der Waals surface area contributed by atoms with E-state index in [2.05, 4.69) is 27.2 Å². The van der Waals surface area contributed by atoms with Gasteiger partial charge in [0.25, 0.3) is 0 Å². The van der Waals surface area contributed by atoms with E-state index in [0.717, 1.165) is 24.0 Å². The van der Waals surface area contributed by atoms with E-state index >= 15 is 0 Å². The molecule has 0 aromatic carbocycles. The van der Waals surface area contributed by atoms with E-state index in [1.807, 2.05) is 6.08 Å². The lowest BCUT2D eigenvalue weighted by Crippen LogP contribution is -2.49. The van der Waals surface area contributed by atoms with Crippen LogP contribution in [0.5, 0.6) is 0 Å². The molecule has 1 radical (unpaired) electrons. The number of Topliss-reactive ketones (excluding diaryl/α,β-unsaturated/α-hetero) is 1. The van der Waals surface area contributed by atoms with Crippen LogP contribution in [0.2, 0.25) is 0 Å². The summed E-state index contributed by atoms with van der Waals surface area (Å²) < 4.78 is 0. The summed E-state index contributed by atoms with van der Waals surface area (Å²) >= 11 is 0. The monoisotopic (exact) mass is 231 g/mol. The van der Waals surface area contributed by atoms with Crippen molar-refractivity contribution in [1.82, 2.24) is 0 Å². The maximum atomic E-state index is 12.4. The van der Waals surface area contributed by atoms with Crippen LogP contribution in [0, 0.1) is 17.3 Å². The number of ketones is 1. The summed E-state index contributed by atoms with van der Waals surface area (Å²) in [7, 11) is 0. The molecule has 1 N–H and O–H groups in total. The molecule has 0 aliphatic heterocycles. The molecule has 91 valence electrons. The molecular formula is C15H19O2. The Labute approximate surface area is 102 Å². The molecule has 0 heterocycles. The highest BCUT2D eigenvalue weighted by atomic mass is 16.3. The second-order valence-electron chi connectivity index (χ2n) is 6.55. The number of carbonyl (C=O) groups excluding carboxylic acids is 1. The van der Waals surface area contributed by atoms with Crippen molar-refractivity contribution in [3.8, 4) is 0 Å². The first-order valence-corrected chi connectivity index (χ1v) is 6.29. The molecule has 1 saturated carbocycles. The van der Waals surface area contributed by atoms with Gasteiger partial charge in [-0.1, -0.05) is 25.5 Å². The highest BCUT2D eigenvalue weighted by molar-refractivity contribution is 6.09. The van der Waals surface area contributed by atoms with Gasteiger partial charge in [0.2, 0.25) is 0 Å². The second-order valence-corrected chi connectivity index (χ2v) is 6.55. The summed E-state index contributed by atoms with van der Waals surface area (Å²) in [4.78, 5) is 12.4. The van der Waals surface area contributed by atoms with E-state index in [0.29, 0.717) is 0 Å². The van der Waals surface area contributed by atoms with Crippen molar-refractivity contribution in [1.29, 1.82) is 0 Å². The van der Waals surface area contributed by atoms with Crippen molar-refractivity contribution in [2.75, 3.05) is 0 Å². The van der Waals surface area contributed by atoms with Gasteiger partial charge in [-0.25, -0.2) is 0 Å². The van der Waals surface area contributed by atoms with Crippen LogP contribution in [0.15, 0.2) is 22.8 Å². The molecule has 0 saturated heterocycles. The van der Waals surface area contributed by atoms with Gasteiger partial charge >= 0.3 is 0 Å². The number of hydrogen-bond donors (Lipinski definition) is 1. The van der Waals surface area contributed by atoms with Crippen LogP contribution >= 0.6 is 0 Å². The third-order valence-electron chi connectivity index (χ3n) is 4.81. The fourth-order valence-corrected chi connectivity index (χ4v) is 3.53. The molecule has 1 fully saturated rings. The summed E-state index contributed by atoms with van der Waals surface area (Å²) in [6, 6.07) is 0. The van der Waals surface area contributed by atoms with Crippen molar-refractivity contribution in [3.05, 3.63) is 29.2 Å². The zero-order valence-electron chi connectivity index (χ0n) is 10.9. The number of aliphatic hydroxyl groups is 1. The minimum absolute atomic E-state index is 0.0713. The van der Waals surface area contributed by atoms with Gasteiger partial charge in [-0.2, -0.15) is 0 Å². The van der Waals surface area contributed by atoms with Crippen LogP contribution in [-0.4, -0.2) is 16.5 Å². The van der Waals surface area contributed by atoms with Crippen molar-refractivity contribution < 1.29 is 9.90 Å². The van der Waals surface area contributed by atoms with Gasteiger partial charge in [0.15, 0.2) is 5.78 Å². The van der Waals surface area contributed by atoms with Crippen LogP contribution in [0.25, 0.3) is 0 Å².